The Morgan fingerprint density at radius 1 is 1.32 bits per heavy atom. The van der Waals surface area contributed by atoms with Gasteiger partial charge in [0.25, 0.3) is 0 Å². The maximum atomic E-state index is 13.2. The summed E-state index contributed by atoms with van der Waals surface area (Å²) in [5.74, 6) is 1.23. The van der Waals surface area contributed by atoms with Gasteiger partial charge in [0, 0.05) is 19.8 Å². The fraction of sp³-hybridized carbons (Fsp3) is 0.286. The van der Waals surface area contributed by atoms with Crippen LogP contribution in [-0.4, -0.2) is 17.0 Å². The van der Waals surface area contributed by atoms with Gasteiger partial charge in [-0.05, 0) is 30.2 Å². The third-order valence-electron chi connectivity index (χ3n) is 2.91. The van der Waals surface area contributed by atoms with Gasteiger partial charge in [0.2, 0.25) is 0 Å². The molecule has 100 valence electrons. The number of aromatic nitrogens is 2. The molecule has 0 saturated carbocycles. The molecule has 2 aromatic rings. The smallest absolute Gasteiger partial charge is 0.144 e. The molecule has 4 nitrogen and oxygen atoms in total. The van der Waals surface area contributed by atoms with E-state index >= 15 is 0 Å². The standard InChI is InChI=1S/C14H17FN4/c1-10-7-11(3-4-12(10)15)9-19(2)14-5-6-17-13(8-16)18-14/h3-7H,8-9,16H2,1-2H3. The van der Waals surface area contributed by atoms with Crippen molar-refractivity contribution in [3.63, 3.8) is 0 Å². The molecule has 0 aliphatic rings. The molecule has 0 aliphatic carbocycles. The molecule has 1 heterocycles. The fourth-order valence-corrected chi connectivity index (χ4v) is 1.86. The van der Waals surface area contributed by atoms with Gasteiger partial charge >= 0.3 is 0 Å². The van der Waals surface area contributed by atoms with Crippen molar-refractivity contribution in [2.75, 3.05) is 11.9 Å². The molecular weight excluding hydrogens is 243 g/mol. The monoisotopic (exact) mass is 260 g/mol. The Morgan fingerprint density at radius 3 is 2.79 bits per heavy atom. The van der Waals surface area contributed by atoms with Crippen molar-refractivity contribution < 1.29 is 4.39 Å². The minimum Gasteiger partial charge on any atom is -0.355 e. The number of nitrogens with two attached hydrogens (primary N) is 1. The number of aryl methyl sites for hydroxylation is 1. The molecule has 0 fully saturated rings. The van der Waals surface area contributed by atoms with Gasteiger partial charge in [0.15, 0.2) is 0 Å². The molecule has 2 N–H and O–H groups in total. The van der Waals surface area contributed by atoms with E-state index in [4.69, 9.17) is 5.73 Å². The molecule has 2 rings (SSSR count). The molecular formula is C14H17FN4. The van der Waals surface area contributed by atoms with Crippen molar-refractivity contribution in [2.24, 2.45) is 5.73 Å². The number of rotatable bonds is 4. The van der Waals surface area contributed by atoms with Crippen molar-refractivity contribution in [3.05, 3.63) is 53.2 Å². The quantitative estimate of drug-likeness (QED) is 0.913. The average Bonchev–Trinajstić information content (AvgIpc) is 2.43. The van der Waals surface area contributed by atoms with E-state index in [1.165, 1.54) is 6.07 Å². The van der Waals surface area contributed by atoms with Gasteiger partial charge in [-0.3, -0.25) is 0 Å². The van der Waals surface area contributed by atoms with Crippen LogP contribution >= 0.6 is 0 Å². The minimum absolute atomic E-state index is 0.182. The zero-order valence-electron chi connectivity index (χ0n) is 11.1. The van der Waals surface area contributed by atoms with E-state index < -0.39 is 0 Å². The number of benzene rings is 1. The van der Waals surface area contributed by atoms with Gasteiger partial charge in [0.05, 0.1) is 6.54 Å². The summed E-state index contributed by atoms with van der Waals surface area (Å²) < 4.78 is 13.2. The summed E-state index contributed by atoms with van der Waals surface area (Å²) in [5, 5.41) is 0. The zero-order chi connectivity index (χ0) is 13.8. The molecule has 0 aliphatic heterocycles. The lowest BCUT2D eigenvalue weighted by Crippen LogP contribution is -2.19. The van der Waals surface area contributed by atoms with Crippen molar-refractivity contribution in [2.45, 2.75) is 20.0 Å². The Labute approximate surface area is 112 Å². The summed E-state index contributed by atoms with van der Waals surface area (Å²) in [6.07, 6.45) is 1.69. The first-order valence-corrected chi connectivity index (χ1v) is 6.08. The Morgan fingerprint density at radius 2 is 2.11 bits per heavy atom. The Kier molecular flexibility index (Phi) is 4.06. The van der Waals surface area contributed by atoms with E-state index in [-0.39, 0.29) is 5.82 Å². The molecule has 0 amide bonds. The van der Waals surface area contributed by atoms with Crippen molar-refractivity contribution in [1.82, 2.24) is 9.97 Å². The first kappa shape index (κ1) is 13.4. The van der Waals surface area contributed by atoms with E-state index in [0.717, 1.165) is 11.4 Å². The molecule has 0 saturated heterocycles. The molecule has 5 heteroatoms. The average molecular weight is 260 g/mol. The topological polar surface area (TPSA) is 55.0 Å². The first-order chi connectivity index (χ1) is 9.10. The van der Waals surface area contributed by atoms with Crippen LogP contribution in [0.1, 0.15) is 17.0 Å². The van der Waals surface area contributed by atoms with Gasteiger partial charge < -0.3 is 10.6 Å². The SMILES string of the molecule is Cc1cc(CN(C)c2ccnc(CN)n2)ccc1F. The predicted molar refractivity (Wildman–Crippen MR) is 73.2 cm³/mol. The second kappa shape index (κ2) is 5.75. The lowest BCUT2D eigenvalue weighted by Gasteiger charge is -2.18. The maximum absolute atomic E-state index is 13.2. The van der Waals surface area contributed by atoms with Crippen LogP contribution in [0.15, 0.2) is 30.5 Å². The minimum atomic E-state index is -0.182. The summed E-state index contributed by atoms with van der Waals surface area (Å²) in [5.41, 5.74) is 7.21. The largest absolute Gasteiger partial charge is 0.355 e. The highest BCUT2D eigenvalue weighted by atomic mass is 19.1. The van der Waals surface area contributed by atoms with Crippen LogP contribution in [0.25, 0.3) is 0 Å². The highest BCUT2D eigenvalue weighted by molar-refractivity contribution is 5.38. The lowest BCUT2D eigenvalue weighted by atomic mass is 10.1. The molecule has 19 heavy (non-hydrogen) atoms. The number of nitrogens with zero attached hydrogens (tertiary/aromatic N) is 3. The summed E-state index contributed by atoms with van der Waals surface area (Å²) >= 11 is 0. The van der Waals surface area contributed by atoms with Gasteiger partial charge in [-0.2, -0.15) is 0 Å². The van der Waals surface area contributed by atoms with Crippen LogP contribution < -0.4 is 10.6 Å². The molecule has 0 spiro atoms. The summed E-state index contributed by atoms with van der Waals surface area (Å²) in [4.78, 5) is 10.4. The van der Waals surface area contributed by atoms with Crippen LogP contribution in [-0.2, 0) is 13.1 Å². The van der Waals surface area contributed by atoms with Crippen molar-refractivity contribution in [1.29, 1.82) is 0 Å². The molecule has 1 aromatic heterocycles. The van der Waals surface area contributed by atoms with Gasteiger partial charge in [-0.25, -0.2) is 14.4 Å². The van der Waals surface area contributed by atoms with Crippen LogP contribution in [0.2, 0.25) is 0 Å². The molecule has 0 unspecified atom stereocenters. The highest BCUT2D eigenvalue weighted by Crippen LogP contribution is 2.14. The highest BCUT2D eigenvalue weighted by Gasteiger charge is 2.06. The Bertz CT molecular complexity index is 571. The molecule has 1 aromatic carbocycles. The second-order valence-corrected chi connectivity index (χ2v) is 4.47. The van der Waals surface area contributed by atoms with E-state index in [1.54, 1.807) is 19.2 Å². The Hall–Kier alpha value is -2.01. The molecule has 0 bridgehead atoms. The van der Waals surface area contributed by atoms with Crippen LogP contribution in [0.4, 0.5) is 10.2 Å². The zero-order valence-corrected chi connectivity index (χ0v) is 11.1. The van der Waals surface area contributed by atoms with E-state index in [0.29, 0.717) is 24.5 Å². The summed E-state index contributed by atoms with van der Waals surface area (Å²) in [7, 11) is 1.93. The first-order valence-electron chi connectivity index (χ1n) is 6.08. The normalized spacial score (nSPS) is 10.5. The molecule has 0 atom stereocenters. The third-order valence-corrected chi connectivity index (χ3v) is 2.91. The van der Waals surface area contributed by atoms with Crippen molar-refractivity contribution >= 4 is 5.82 Å². The number of anilines is 1. The van der Waals surface area contributed by atoms with Crippen LogP contribution in [0.5, 0.6) is 0 Å². The van der Waals surface area contributed by atoms with E-state index in [1.807, 2.05) is 24.1 Å². The van der Waals surface area contributed by atoms with Gasteiger partial charge in [-0.15, -0.1) is 0 Å². The number of halogens is 1. The molecule has 0 radical (unpaired) electrons. The van der Waals surface area contributed by atoms with Crippen LogP contribution in [0.3, 0.4) is 0 Å². The summed E-state index contributed by atoms with van der Waals surface area (Å²) in [6.45, 7) is 2.73. The van der Waals surface area contributed by atoms with Gasteiger partial charge in [-0.1, -0.05) is 12.1 Å². The Balaban J connectivity index is 2.15. The maximum Gasteiger partial charge on any atom is 0.144 e. The third kappa shape index (κ3) is 3.26. The number of hydrogen-bond donors (Lipinski definition) is 1. The fourth-order valence-electron chi connectivity index (χ4n) is 1.86. The second-order valence-electron chi connectivity index (χ2n) is 4.47. The summed E-state index contributed by atoms with van der Waals surface area (Å²) in [6, 6.07) is 6.94. The van der Waals surface area contributed by atoms with Crippen LogP contribution in [0, 0.1) is 12.7 Å². The predicted octanol–water partition coefficient (Wildman–Crippen LogP) is 2.02. The van der Waals surface area contributed by atoms with E-state index in [9.17, 15) is 4.39 Å². The van der Waals surface area contributed by atoms with Gasteiger partial charge in [0.1, 0.15) is 17.5 Å². The number of hydrogen-bond acceptors (Lipinski definition) is 4. The van der Waals surface area contributed by atoms with E-state index in [2.05, 4.69) is 9.97 Å². The van der Waals surface area contributed by atoms with Crippen molar-refractivity contribution in [3.8, 4) is 0 Å². The lowest BCUT2D eigenvalue weighted by molar-refractivity contribution is 0.617.